The Morgan fingerprint density at radius 1 is 1.42 bits per heavy atom. The summed E-state index contributed by atoms with van der Waals surface area (Å²) in [6.45, 7) is 4.95. The van der Waals surface area contributed by atoms with E-state index >= 15 is 0 Å². The van der Waals surface area contributed by atoms with Gasteiger partial charge in [0, 0.05) is 0 Å². The lowest BCUT2D eigenvalue weighted by molar-refractivity contribution is -0.138. The lowest BCUT2D eigenvalue weighted by Gasteiger charge is -2.03. The third kappa shape index (κ3) is 4.09. The third-order valence-electron chi connectivity index (χ3n) is 2.20. The van der Waals surface area contributed by atoms with E-state index in [1.807, 2.05) is 6.92 Å². The number of phenols is 1. The molecule has 0 fully saturated rings. The van der Waals surface area contributed by atoms with E-state index in [1.165, 1.54) is 13.0 Å². The zero-order valence-corrected chi connectivity index (χ0v) is 11.0. The number of aliphatic hydroxyl groups is 1. The molecule has 102 valence electrons. The van der Waals surface area contributed by atoms with Gasteiger partial charge in [-0.05, 0) is 38.5 Å². The van der Waals surface area contributed by atoms with Gasteiger partial charge in [0.15, 0.2) is 0 Å². The summed E-state index contributed by atoms with van der Waals surface area (Å²) in [5.74, 6) is -1.12. The van der Waals surface area contributed by atoms with Crippen molar-refractivity contribution in [2.45, 2.75) is 20.8 Å². The van der Waals surface area contributed by atoms with Crippen molar-refractivity contribution in [3.05, 3.63) is 35.2 Å². The zero-order chi connectivity index (χ0) is 14.4. The van der Waals surface area contributed by atoms with Crippen molar-refractivity contribution < 1.29 is 19.7 Å². The van der Waals surface area contributed by atoms with Crippen LogP contribution in [-0.4, -0.2) is 22.8 Å². The molecule has 0 aliphatic rings. The van der Waals surface area contributed by atoms with Crippen LogP contribution in [0.1, 0.15) is 19.4 Å². The molecule has 0 saturated heterocycles. The molecule has 0 radical (unpaired) electrons. The van der Waals surface area contributed by atoms with Gasteiger partial charge in [-0.1, -0.05) is 6.07 Å². The van der Waals surface area contributed by atoms with Gasteiger partial charge >= 0.3 is 5.97 Å². The van der Waals surface area contributed by atoms with Crippen molar-refractivity contribution in [1.82, 2.24) is 0 Å². The Labute approximate surface area is 111 Å². The van der Waals surface area contributed by atoms with Crippen molar-refractivity contribution in [3.63, 3.8) is 0 Å². The second kappa shape index (κ2) is 6.53. The predicted molar refractivity (Wildman–Crippen MR) is 69.3 cm³/mol. The number of benzene rings is 1. The monoisotopic (exact) mass is 264 g/mol. The van der Waals surface area contributed by atoms with E-state index in [-0.39, 0.29) is 29.5 Å². The van der Waals surface area contributed by atoms with E-state index in [9.17, 15) is 15.0 Å². The quantitative estimate of drug-likeness (QED) is 0.378. The van der Waals surface area contributed by atoms with Gasteiger partial charge in [0.25, 0.3) is 0 Å². The number of azo groups is 1. The van der Waals surface area contributed by atoms with Gasteiger partial charge in [-0.15, -0.1) is 10.2 Å². The number of carbonyl (C=O) groups is 1. The number of aryl methyl sites for hydroxylation is 1. The van der Waals surface area contributed by atoms with Gasteiger partial charge in [0.2, 0.25) is 5.70 Å². The first-order chi connectivity index (χ1) is 8.95. The Bertz CT molecular complexity index is 531. The second-order valence-corrected chi connectivity index (χ2v) is 3.85. The molecule has 0 aliphatic heterocycles. The number of aliphatic hydroxyl groups excluding tert-OH is 1. The van der Waals surface area contributed by atoms with Crippen LogP contribution in [0.25, 0.3) is 0 Å². The predicted octanol–water partition coefficient (Wildman–Crippen LogP) is 3.14. The van der Waals surface area contributed by atoms with Crippen LogP contribution in [0.3, 0.4) is 0 Å². The normalized spacial score (nSPS) is 12.4. The van der Waals surface area contributed by atoms with Gasteiger partial charge in [0.05, 0.1) is 6.61 Å². The van der Waals surface area contributed by atoms with E-state index in [2.05, 4.69) is 10.2 Å². The van der Waals surface area contributed by atoms with E-state index in [1.54, 1.807) is 19.1 Å². The van der Waals surface area contributed by atoms with Crippen molar-refractivity contribution in [2.24, 2.45) is 10.2 Å². The molecule has 1 aromatic rings. The summed E-state index contributed by atoms with van der Waals surface area (Å²) in [5, 5.41) is 26.3. The fourth-order valence-electron chi connectivity index (χ4n) is 1.28. The summed E-state index contributed by atoms with van der Waals surface area (Å²) in [4.78, 5) is 11.5. The molecule has 6 heteroatoms. The van der Waals surface area contributed by atoms with Crippen LogP contribution in [0.15, 0.2) is 39.9 Å². The maximum Gasteiger partial charge on any atom is 0.362 e. The molecule has 0 bridgehead atoms. The van der Waals surface area contributed by atoms with Crippen molar-refractivity contribution in [1.29, 1.82) is 0 Å². The minimum atomic E-state index is -0.765. The van der Waals surface area contributed by atoms with Gasteiger partial charge in [-0.2, -0.15) is 0 Å². The number of phenolic OH excluding ortho intramolecular Hbond substituents is 1. The first-order valence-electron chi connectivity index (χ1n) is 5.74. The smallest absolute Gasteiger partial charge is 0.362 e. The number of hydrogen-bond donors (Lipinski definition) is 2. The molecule has 1 aromatic carbocycles. The highest BCUT2D eigenvalue weighted by molar-refractivity contribution is 5.88. The van der Waals surface area contributed by atoms with Gasteiger partial charge in [-0.25, -0.2) is 4.79 Å². The van der Waals surface area contributed by atoms with Crippen LogP contribution in [0.4, 0.5) is 5.69 Å². The molecule has 0 saturated carbocycles. The van der Waals surface area contributed by atoms with Gasteiger partial charge in [-0.3, -0.25) is 0 Å². The average Bonchev–Trinajstić information content (AvgIpc) is 2.33. The number of ether oxygens (including phenoxy) is 1. The molecule has 1 rings (SSSR count). The highest BCUT2D eigenvalue weighted by Crippen LogP contribution is 2.28. The summed E-state index contributed by atoms with van der Waals surface area (Å²) in [6, 6.07) is 4.80. The topological polar surface area (TPSA) is 91.5 Å². The number of allylic oxidation sites excluding steroid dienone is 1. The first-order valence-corrected chi connectivity index (χ1v) is 5.74. The number of esters is 1. The number of carbonyl (C=O) groups excluding carboxylic acids is 1. The molecule has 2 N–H and O–H groups in total. The minimum Gasteiger partial charge on any atom is -0.510 e. The van der Waals surface area contributed by atoms with Crippen LogP contribution in [0, 0.1) is 6.92 Å². The maximum absolute atomic E-state index is 11.5. The Hall–Kier alpha value is -2.37. The second-order valence-electron chi connectivity index (χ2n) is 3.85. The Kier molecular flexibility index (Phi) is 5.05. The number of hydrogen-bond acceptors (Lipinski definition) is 6. The van der Waals surface area contributed by atoms with E-state index in [4.69, 9.17) is 4.74 Å². The highest BCUT2D eigenvalue weighted by atomic mass is 16.5. The number of nitrogens with zero attached hydrogens (tertiary/aromatic N) is 2. The number of aromatic hydroxyl groups is 1. The van der Waals surface area contributed by atoms with Crippen molar-refractivity contribution in [2.75, 3.05) is 6.61 Å². The molecule has 19 heavy (non-hydrogen) atoms. The van der Waals surface area contributed by atoms with Crippen molar-refractivity contribution in [3.8, 4) is 5.75 Å². The fraction of sp³-hybridized carbons (Fsp3) is 0.308. The SMILES string of the molecule is CCOC(=O)/C(N=Nc1cc(C)ccc1O)=C(\C)O. The zero-order valence-electron chi connectivity index (χ0n) is 11.0. The largest absolute Gasteiger partial charge is 0.510 e. The molecule has 0 atom stereocenters. The van der Waals surface area contributed by atoms with Crippen LogP contribution in [-0.2, 0) is 9.53 Å². The van der Waals surface area contributed by atoms with Crippen molar-refractivity contribution >= 4 is 11.7 Å². The molecule has 0 aromatic heterocycles. The van der Waals surface area contributed by atoms with Gasteiger partial charge < -0.3 is 14.9 Å². The highest BCUT2D eigenvalue weighted by Gasteiger charge is 2.14. The lowest BCUT2D eigenvalue weighted by atomic mass is 10.2. The van der Waals surface area contributed by atoms with Crippen LogP contribution < -0.4 is 0 Å². The molecule has 6 nitrogen and oxygen atoms in total. The molecule has 0 aliphatic carbocycles. The molecule has 0 heterocycles. The van der Waals surface area contributed by atoms with E-state index < -0.39 is 5.97 Å². The van der Waals surface area contributed by atoms with Crippen LogP contribution >= 0.6 is 0 Å². The standard InChI is InChI=1S/C13H16N2O4/c1-4-19-13(18)12(9(3)16)15-14-10-7-8(2)5-6-11(10)17/h5-7,16-17H,4H2,1-3H3/b12-9-,15-14?. The summed E-state index contributed by atoms with van der Waals surface area (Å²) in [5.41, 5.74) is 0.805. The summed E-state index contributed by atoms with van der Waals surface area (Å²) in [6.07, 6.45) is 0. The minimum absolute atomic E-state index is 0.0619. The molecule has 0 amide bonds. The Balaban J connectivity index is 3.04. The molecular weight excluding hydrogens is 248 g/mol. The average molecular weight is 264 g/mol. The molecule has 0 unspecified atom stereocenters. The van der Waals surface area contributed by atoms with E-state index in [0.29, 0.717) is 0 Å². The maximum atomic E-state index is 11.5. The lowest BCUT2D eigenvalue weighted by Crippen LogP contribution is -2.07. The Morgan fingerprint density at radius 2 is 2.11 bits per heavy atom. The first kappa shape index (κ1) is 14.7. The summed E-state index contributed by atoms with van der Waals surface area (Å²) in [7, 11) is 0. The Morgan fingerprint density at radius 3 is 2.68 bits per heavy atom. The number of rotatable bonds is 4. The molecule has 0 spiro atoms. The third-order valence-corrected chi connectivity index (χ3v) is 2.20. The fourth-order valence-corrected chi connectivity index (χ4v) is 1.28. The van der Waals surface area contributed by atoms with Crippen LogP contribution in [0.5, 0.6) is 5.75 Å². The van der Waals surface area contributed by atoms with Gasteiger partial charge in [0.1, 0.15) is 17.2 Å². The summed E-state index contributed by atoms with van der Waals surface area (Å²) < 4.78 is 4.73. The molecular formula is C13H16N2O4. The summed E-state index contributed by atoms with van der Waals surface area (Å²) >= 11 is 0. The van der Waals surface area contributed by atoms with Crippen LogP contribution in [0.2, 0.25) is 0 Å². The van der Waals surface area contributed by atoms with E-state index in [0.717, 1.165) is 5.56 Å².